The lowest BCUT2D eigenvalue weighted by Gasteiger charge is -2.05. The zero-order valence-corrected chi connectivity index (χ0v) is 8.71. The molecule has 0 aromatic carbocycles. The van der Waals surface area contributed by atoms with E-state index in [4.69, 9.17) is 0 Å². The Hall–Kier alpha value is -2.05. The number of rotatable bonds is 1. The Morgan fingerprint density at radius 1 is 1.60 bits per heavy atom. The Kier molecular flexibility index (Phi) is 3.27. The van der Waals surface area contributed by atoms with Crippen molar-refractivity contribution in [2.45, 2.75) is 0 Å². The number of carbonyl (C=O) groups is 2. The van der Waals surface area contributed by atoms with E-state index >= 15 is 0 Å². The van der Waals surface area contributed by atoms with E-state index in [1.165, 1.54) is 15.9 Å². The maximum absolute atomic E-state index is 11.3. The third kappa shape index (κ3) is 2.46. The minimum absolute atomic E-state index is 0.0858. The van der Waals surface area contributed by atoms with Crippen molar-refractivity contribution in [2.75, 3.05) is 14.1 Å². The van der Waals surface area contributed by atoms with Crippen LogP contribution in [-0.4, -0.2) is 46.1 Å². The Morgan fingerprint density at radius 2 is 2.27 bits per heavy atom. The van der Waals surface area contributed by atoms with Crippen molar-refractivity contribution in [3.8, 4) is 0 Å². The molecule has 0 radical (unpaired) electrons. The van der Waals surface area contributed by atoms with E-state index in [1.807, 2.05) is 0 Å². The van der Waals surface area contributed by atoms with Crippen LogP contribution in [0.1, 0.15) is 10.5 Å². The summed E-state index contributed by atoms with van der Waals surface area (Å²) in [5.74, 6) is 0. The van der Waals surface area contributed by atoms with Crippen molar-refractivity contribution in [1.29, 1.82) is 0 Å². The first-order valence-electron chi connectivity index (χ1n) is 4.15. The molecule has 80 valence electrons. The Balaban J connectivity index is 3.35. The molecule has 0 saturated carbocycles. The van der Waals surface area contributed by atoms with Crippen LogP contribution in [0.3, 0.4) is 0 Å². The van der Waals surface area contributed by atoms with Crippen molar-refractivity contribution in [3.63, 3.8) is 0 Å². The van der Waals surface area contributed by atoms with Crippen molar-refractivity contribution in [1.82, 2.24) is 19.7 Å². The molecule has 0 aliphatic carbocycles. The second-order valence-corrected chi connectivity index (χ2v) is 3.00. The van der Waals surface area contributed by atoms with Crippen LogP contribution in [0.2, 0.25) is 0 Å². The van der Waals surface area contributed by atoms with Crippen LogP contribution in [0.4, 0.5) is 4.79 Å². The van der Waals surface area contributed by atoms with Gasteiger partial charge in [-0.1, -0.05) is 0 Å². The van der Waals surface area contributed by atoms with Gasteiger partial charge in [-0.2, -0.15) is 10.1 Å². The van der Waals surface area contributed by atoms with E-state index in [0.717, 1.165) is 0 Å². The molecule has 0 N–H and O–H groups in total. The predicted molar refractivity (Wildman–Crippen MR) is 51.0 cm³/mol. The first-order chi connectivity index (χ1) is 7.06. The van der Waals surface area contributed by atoms with Crippen molar-refractivity contribution < 1.29 is 9.59 Å². The van der Waals surface area contributed by atoms with Crippen LogP contribution < -0.4 is 5.49 Å². The third-order valence-corrected chi connectivity index (χ3v) is 1.65. The van der Waals surface area contributed by atoms with Gasteiger partial charge >= 0.3 is 6.03 Å². The van der Waals surface area contributed by atoms with E-state index < -0.39 is 6.03 Å². The first kappa shape index (κ1) is 11.0. The lowest BCUT2D eigenvalue weighted by Crippen LogP contribution is -2.30. The highest BCUT2D eigenvalue weighted by Gasteiger charge is 2.04. The largest absolute Gasteiger partial charge is 0.345 e. The van der Waals surface area contributed by atoms with Crippen molar-refractivity contribution >= 4 is 12.3 Å². The van der Waals surface area contributed by atoms with Gasteiger partial charge in [0, 0.05) is 21.1 Å². The summed E-state index contributed by atoms with van der Waals surface area (Å²) in [7, 11) is 4.71. The van der Waals surface area contributed by atoms with Gasteiger partial charge in [-0.3, -0.25) is 4.79 Å². The minimum atomic E-state index is -0.469. The molecular weight excluding hydrogens is 198 g/mol. The second kappa shape index (κ2) is 4.45. The molecule has 7 heteroatoms. The van der Waals surface area contributed by atoms with Gasteiger partial charge in [0.1, 0.15) is 12.0 Å². The van der Waals surface area contributed by atoms with Crippen molar-refractivity contribution in [3.05, 3.63) is 17.5 Å². The highest BCUT2D eigenvalue weighted by Crippen LogP contribution is 1.83. The molecule has 0 atom stereocenters. The SMILES string of the molecule is CN(C)C(=O)/N=c1\c(C=O)ncnn1C. The first-order valence-corrected chi connectivity index (χ1v) is 4.15. The van der Waals surface area contributed by atoms with E-state index in [9.17, 15) is 9.59 Å². The summed E-state index contributed by atoms with van der Waals surface area (Å²) >= 11 is 0. The molecule has 1 heterocycles. The molecule has 7 nitrogen and oxygen atoms in total. The highest BCUT2D eigenvalue weighted by molar-refractivity contribution is 5.76. The summed E-state index contributed by atoms with van der Waals surface area (Å²) in [6.07, 6.45) is 1.76. The van der Waals surface area contributed by atoms with Crippen LogP contribution in [-0.2, 0) is 7.05 Å². The standard InChI is InChI=1S/C8H11N5O2/c1-12(2)8(15)11-7-6(4-14)9-5-10-13(7)3/h4-5H,1-3H3/b11-7+. The molecule has 0 aliphatic rings. The third-order valence-electron chi connectivity index (χ3n) is 1.65. The molecule has 0 unspecified atom stereocenters. The topological polar surface area (TPSA) is 80.5 Å². The van der Waals surface area contributed by atoms with E-state index in [-0.39, 0.29) is 11.2 Å². The monoisotopic (exact) mass is 209 g/mol. The molecular formula is C8H11N5O2. The fraction of sp³-hybridized carbons (Fsp3) is 0.375. The quantitative estimate of drug-likeness (QED) is 0.568. The van der Waals surface area contributed by atoms with Crippen LogP contribution >= 0.6 is 0 Å². The zero-order valence-electron chi connectivity index (χ0n) is 8.71. The molecule has 0 saturated heterocycles. The molecule has 0 bridgehead atoms. The number of aromatic nitrogens is 3. The van der Waals surface area contributed by atoms with Crippen LogP contribution in [0.25, 0.3) is 0 Å². The number of carbonyl (C=O) groups excluding carboxylic acids is 2. The summed E-state index contributed by atoms with van der Waals surface area (Å²) in [6.45, 7) is 0. The maximum atomic E-state index is 11.3. The van der Waals surface area contributed by atoms with E-state index in [2.05, 4.69) is 15.1 Å². The molecule has 0 aliphatic heterocycles. The Morgan fingerprint density at radius 3 is 2.80 bits per heavy atom. The number of aldehydes is 1. The molecule has 2 amide bonds. The number of hydrogen-bond acceptors (Lipinski definition) is 4. The van der Waals surface area contributed by atoms with Gasteiger partial charge in [0.2, 0.25) is 0 Å². The van der Waals surface area contributed by atoms with Gasteiger partial charge in [0.05, 0.1) is 0 Å². The molecule has 0 fully saturated rings. The number of aryl methyl sites for hydroxylation is 1. The van der Waals surface area contributed by atoms with E-state index in [0.29, 0.717) is 6.29 Å². The van der Waals surface area contributed by atoms with Gasteiger partial charge in [-0.15, -0.1) is 0 Å². The molecule has 1 rings (SSSR count). The molecule has 1 aromatic heterocycles. The fourth-order valence-electron chi connectivity index (χ4n) is 0.847. The maximum Gasteiger partial charge on any atom is 0.345 e. The van der Waals surface area contributed by atoms with Crippen molar-refractivity contribution in [2.24, 2.45) is 12.0 Å². The fourth-order valence-corrected chi connectivity index (χ4v) is 0.847. The number of nitrogens with zero attached hydrogens (tertiary/aromatic N) is 5. The van der Waals surface area contributed by atoms with E-state index in [1.54, 1.807) is 21.1 Å². The second-order valence-electron chi connectivity index (χ2n) is 3.00. The lowest BCUT2D eigenvalue weighted by atomic mass is 10.5. The van der Waals surface area contributed by atoms with Crippen LogP contribution in [0, 0.1) is 0 Å². The average molecular weight is 209 g/mol. The molecule has 15 heavy (non-hydrogen) atoms. The molecule has 0 spiro atoms. The average Bonchev–Trinajstić information content (AvgIpc) is 2.20. The number of amides is 2. The highest BCUT2D eigenvalue weighted by atomic mass is 16.2. The van der Waals surface area contributed by atoms with Gasteiger partial charge in [-0.25, -0.2) is 14.5 Å². The molecule has 1 aromatic rings. The Labute approximate surface area is 86.1 Å². The predicted octanol–water partition coefficient (Wildman–Crippen LogP) is -0.790. The Bertz CT molecular complexity index is 449. The minimum Gasteiger partial charge on any atom is -0.329 e. The lowest BCUT2D eigenvalue weighted by molar-refractivity contribution is 0.111. The van der Waals surface area contributed by atoms with Gasteiger partial charge < -0.3 is 4.90 Å². The zero-order chi connectivity index (χ0) is 11.4. The summed E-state index contributed by atoms with van der Waals surface area (Å²) in [6, 6.07) is -0.469. The summed E-state index contributed by atoms with van der Waals surface area (Å²) in [5.41, 5.74) is 0.230. The number of hydrogen-bond donors (Lipinski definition) is 0. The van der Waals surface area contributed by atoms with Crippen LogP contribution in [0.15, 0.2) is 11.3 Å². The smallest absolute Gasteiger partial charge is 0.329 e. The summed E-state index contributed by atoms with van der Waals surface area (Å²) in [5, 5.41) is 3.78. The number of urea groups is 1. The van der Waals surface area contributed by atoms with Gasteiger partial charge in [0.15, 0.2) is 11.8 Å². The van der Waals surface area contributed by atoms with Crippen LogP contribution in [0.5, 0.6) is 0 Å². The summed E-state index contributed by atoms with van der Waals surface area (Å²) < 4.78 is 1.32. The van der Waals surface area contributed by atoms with Gasteiger partial charge in [-0.05, 0) is 0 Å². The van der Waals surface area contributed by atoms with Gasteiger partial charge in [0.25, 0.3) is 0 Å². The summed E-state index contributed by atoms with van der Waals surface area (Å²) in [4.78, 5) is 30.7. The normalized spacial score (nSPS) is 11.3.